The van der Waals surface area contributed by atoms with Gasteiger partial charge in [-0.1, -0.05) is 11.6 Å². The number of nitrogens with zero attached hydrogens (tertiary/aromatic N) is 2. The molecule has 13 heavy (non-hydrogen) atoms. The molecule has 0 saturated heterocycles. The average molecular weight is 198 g/mol. The highest BCUT2D eigenvalue weighted by molar-refractivity contribution is 6.31. The Morgan fingerprint density at radius 3 is 2.85 bits per heavy atom. The molecule has 68 valence electrons. The van der Waals surface area contributed by atoms with Crippen LogP contribution in [0.3, 0.4) is 0 Å². The maximum absolute atomic E-state index is 10.6. The molecule has 0 aliphatic rings. The molecule has 0 amide bonds. The number of carbonyl (C=O) groups excluding carboxylic acids is 1. The van der Waals surface area contributed by atoms with Crippen LogP contribution in [-0.4, -0.2) is 15.8 Å². The van der Waals surface area contributed by atoms with E-state index in [9.17, 15) is 4.79 Å². The van der Waals surface area contributed by atoms with Crippen molar-refractivity contribution in [2.24, 2.45) is 0 Å². The number of aromatic nitrogens is 2. The summed E-state index contributed by atoms with van der Waals surface area (Å²) in [4.78, 5) is 18.1. The van der Waals surface area contributed by atoms with E-state index in [2.05, 4.69) is 9.97 Å². The SMILES string of the molecule is CC(=O)/C=C/c1c(N)ncnc1Cl. The zero-order valence-corrected chi connectivity index (χ0v) is 7.75. The van der Waals surface area contributed by atoms with Crippen LogP contribution in [0.25, 0.3) is 6.08 Å². The minimum atomic E-state index is -0.0840. The zero-order chi connectivity index (χ0) is 9.84. The first-order valence-electron chi connectivity index (χ1n) is 3.56. The molecule has 0 radical (unpaired) electrons. The van der Waals surface area contributed by atoms with Gasteiger partial charge in [0.05, 0.1) is 5.56 Å². The lowest BCUT2D eigenvalue weighted by Gasteiger charge is -1.98. The van der Waals surface area contributed by atoms with Crippen molar-refractivity contribution in [3.05, 3.63) is 23.1 Å². The van der Waals surface area contributed by atoms with Crippen LogP contribution in [0.2, 0.25) is 5.15 Å². The number of nitrogens with two attached hydrogens (primary N) is 1. The number of allylic oxidation sites excluding steroid dienone is 1. The molecule has 4 nitrogen and oxygen atoms in total. The molecule has 5 heteroatoms. The smallest absolute Gasteiger partial charge is 0.152 e. The molecular formula is C8H8ClN3O. The van der Waals surface area contributed by atoms with Crippen molar-refractivity contribution in [1.29, 1.82) is 0 Å². The van der Waals surface area contributed by atoms with Crippen LogP contribution in [0.1, 0.15) is 12.5 Å². The van der Waals surface area contributed by atoms with Crippen LogP contribution in [0.5, 0.6) is 0 Å². The van der Waals surface area contributed by atoms with E-state index in [0.29, 0.717) is 5.56 Å². The molecular weight excluding hydrogens is 190 g/mol. The topological polar surface area (TPSA) is 68.9 Å². The highest BCUT2D eigenvalue weighted by Gasteiger charge is 2.02. The van der Waals surface area contributed by atoms with E-state index in [1.165, 1.54) is 25.4 Å². The maximum atomic E-state index is 10.6. The van der Waals surface area contributed by atoms with Gasteiger partial charge in [-0.3, -0.25) is 4.79 Å². The van der Waals surface area contributed by atoms with Gasteiger partial charge in [0.2, 0.25) is 0 Å². The monoisotopic (exact) mass is 197 g/mol. The first-order chi connectivity index (χ1) is 6.11. The molecule has 0 spiro atoms. The van der Waals surface area contributed by atoms with E-state index in [0.717, 1.165) is 0 Å². The summed E-state index contributed by atoms with van der Waals surface area (Å²) in [6.07, 6.45) is 4.13. The van der Waals surface area contributed by atoms with Crippen LogP contribution in [0, 0.1) is 0 Å². The Hall–Kier alpha value is -1.42. The van der Waals surface area contributed by atoms with Gasteiger partial charge >= 0.3 is 0 Å². The van der Waals surface area contributed by atoms with Crippen molar-refractivity contribution < 1.29 is 4.79 Å². The normalized spacial score (nSPS) is 10.6. The fraction of sp³-hybridized carbons (Fsp3) is 0.125. The number of halogens is 1. The van der Waals surface area contributed by atoms with E-state index in [-0.39, 0.29) is 16.8 Å². The maximum Gasteiger partial charge on any atom is 0.152 e. The zero-order valence-electron chi connectivity index (χ0n) is 6.99. The molecule has 0 aliphatic carbocycles. The highest BCUT2D eigenvalue weighted by Crippen LogP contribution is 2.18. The molecule has 1 aromatic rings. The number of ketones is 1. The third kappa shape index (κ3) is 2.52. The summed E-state index contributed by atoms with van der Waals surface area (Å²) in [5, 5.41) is 0.241. The standard InChI is InChI=1S/C8H8ClN3O/c1-5(13)2-3-6-7(9)11-4-12-8(6)10/h2-4H,1H3,(H2,10,11,12)/b3-2+. The van der Waals surface area contributed by atoms with Crippen LogP contribution < -0.4 is 5.73 Å². The van der Waals surface area contributed by atoms with Crippen LogP contribution in [0.4, 0.5) is 5.82 Å². The van der Waals surface area contributed by atoms with Gasteiger partial charge in [0.15, 0.2) is 5.78 Å². The van der Waals surface area contributed by atoms with Crippen LogP contribution in [0.15, 0.2) is 12.4 Å². The Kier molecular flexibility index (Phi) is 2.97. The van der Waals surface area contributed by atoms with Crippen molar-refractivity contribution in [2.75, 3.05) is 5.73 Å². The summed E-state index contributed by atoms with van der Waals surface area (Å²) >= 11 is 5.72. The second-order valence-electron chi connectivity index (χ2n) is 2.41. The van der Waals surface area contributed by atoms with Gasteiger partial charge in [-0.15, -0.1) is 0 Å². The van der Waals surface area contributed by atoms with E-state index in [1.807, 2.05) is 0 Å². The average Bonchev–Trinajstić information content (AvgIpc) is 2.03. The van der Waals surface area contributed by atoms with Gasteiger partial charge in [0.25, 0.3) is 0 Å². The molecule has 0 atom stereocenters. The van der Waals surface area contributed by atoms with Gasteiger partial charge in [-0.25, -0.2) is 9.97 Å². The Morgan fingerprint density at radius 1 is 1.62 bits per heavy atom. The number of carbonyl (C=O) groups is 1. The molecule has 0 saturated carbocycles. The summed E-state index contributed by atoms with van der Waals surface area (Å²) in [5.74, 6) is 0.178. The summed E-state index contributed by atoms with van der Waals surface area (Å²) in [6.45, 7) is 1.43. The Bertz CT molecular complexity index is 342. The fourth-order valence-corrected chi connectivity index (χ4v) is 0.945. The van der Waals surface area contributed by atoms with E-state index < -0.39 is 0 Å². The second kappa shape index (κ2) is 4.00. The Balaban J connectivity index is 3.06. The summed E-state index contributed by atoms with van der Waals surface area (Å²) < 4.78 is 0. The van der Waals surface area contributed by atoms with Crippen molar-refractivity contribution in [2.45, 2.75) is 6.92 Å². The second-order valence-corrected chi connectivity index (χ2v) is 2.77. The summed E-state index contributed by atoms with van der Waals surface area (Å²) in [6, 6.07) is 0. The lowest BCUT2D eigenvalue weighted by Crippen LogP contribution is -1.96. The van der Waals surface area contributed by atoms with Crippen LogP contribution >= 0.6 is 11.6 Å². The summed E-state index contributed by atoms with van der Waals surface area (Å²) in [5.41, 5.74) is 5.98. The predicted molar refractivity (Wildman–Crippen MR) is 51.2 cm³/mol. The van der Waals surface area contributed by atoms with Crippen molar-refractivity contribution in [1.82, 2.24) is 9.97 Å². The largest absolute Gasteiger partial charge is 0.383 e. The molecule has 0 fully saturated rings. The third-order valence-electron chi connectivity index (χ3n) is 1.35. The third-order valence-corrected chi connectivity index (χ3v) is 1.65. The lowest BCUT2D eigenvalue weighted by atomic mass is 10.2. The van der Waals surface area contributed by atoms with Gasteiger partial charge < -0.3 is 5.73 Å². The van der Waals surface area contributed by atoms with Gasteiger partial charge in [0.1, 0.15) is 17.3 Å². The number of rotatable bonds is 2. The van der Waals surface area contributed by atoms with Crippen molar-refractivity contribution in [3.8, 4) is 0 Å². The Labute approximate surface area is 80.4 Å². The highest BCUT2D eigenvalue weighted by atomic mass is 35.5. The fourth-order valence-electron chi connectivity index (χ4n) is 0.741. The quantitative estimate of drug-likeness (QED) is 0.574. The van der Waals surface area contributed by atoms with Gasteiger partial charge in [0, 0.05) is 0 Å². The predicted octanol–water partition coefficient (Wildman–Crippen LogP) is 1.31. The number of hydrogen-bond acceptors (Lipinski definition) is 4. The Morgan fingerprint density at radius 2 is 2.31 bits per heavy atom. The first-order valence-corrected chi connectivity index (χ1v) is 3.93. The van der Waals surface area contributed by atoms with E-state index in [1.54, 1.807) is 0 Å². The molecule has 1 rings (SSSR count). The molecule has 1 heterocycles. The molecule has 0 aliphatic heterocycles. The number of anilines is 1. The molecule has 0 aromatic carbocycles. The number of nitrogen functional groups attached to an aromatic ring is 1. The molecule has 0 bridgehead atoms. The van der Waals surface area contributed by atoms with Gasteiger partial charge in [-0.2, -0.15) is 0 Å². The van der Waals surface area contributed by atoms with Crippen molar-refractivity contribution >= 4 is 29.3 Å². The van der Waals surface area contributed by atoms with Gasteiger partial charge in [-0.05, 0) is 19.1 Å². The van der Waals surface area contributed by atoms with E-state index in [4.69, 9.17) is 17.3 Å². The first kappa shape index (κ1) is 9.67. The minimum absolute atomic E-state index is 0.0840. The molecule has 1 aromatic heterocycles. The molecule has 0 unspecified atom stereocenters. The molecule has 2 N–H and O–H groups in total. The number of hydrogen-bond donors (Lipinski definition) is 1. The van der Waals surface area contributed by atoms with Crippen LogP contribution in [-0.2, 0) is 4.79 Å². The summed E-state index contributed by atoms with van der Waals surface area (Å²) in [7, 11) is 0. The van der Waals surface area contributed by atoms with Crippen molar-refractivity contribution in [3.63, 3.8) is 0 Å². The van der Waals surface area contributed by atoms with E-state index >= 15 is 0 Å². The minimum Gasteiger partial charge on any atom is -0.383 e. The lowest BCUT2D eigenvalue weighted by molar-refractivity contribution is -0.112.